The van der Waals surface area contributed by atoms with Crippen molar-refractivity contribution in [1.29, 1.82) is 0 Å². The molecule has 0 saturated carbocycles. The molecule has 2 aromatic carbocycles. The molecule has 0 spiro atoms. The van der Waals surface area contributed by atoms with E-state index < -0.39 is 0 Å². The number of carbonyl (C=O) groups is 1. The third-order valence-corrected chi connectivity index (χ3v) is 3.06. The van der Waals surface area contributed by atoms with Gasteiger partial charge in [-0.1, -0.05) is 36.4 Å². The fourth-order valence-electron chi connectivity index (χ4n) is 2.32. The van der Waals surface area contributed by atoms with Crippen LogP contribution in [0.1, 0.15) is 15.9 Å². The molecule has 2 aromatic rings. The lowest BCUT2D eigenvalue weighted by atomic mass is 10.1. The van der Waals surface area contributed by atoms with Gasteiger partial charge in [-0.3, -0.25) is 4.79 Å². The lowest BCUT2D eigenvalue weighted by Gasteiger charge is -2.09. The number of aliphatic hydroxyl groups excluding tert-OH is 1. The Labute approximate surface area is 105 Å². The summed E-state index contributed by atoms with van der Waals surface area (Å²) in [7, 11) is 0. The van der Waals surface area contributed by atoms with E-state index in [9.17, 15) is 4.79 Å². The SMILES string of the molecule is O=C1c2ccccc2-c2c(OCCO)cccc21. The number of ketones is 1. The Bertz CT molecular complexity index is 617. The van der Waals surface area contributed by atoms with E-state index in [2.05, 4.69) is 0 Å². The van der Waals surface area contributed by atoms with Crippen molar-refractivity contribution in [2.24, 2.45) is 0 Å². The summed E-state index contributed by atoms with van der Waals surface area (Å²) in [6.07, 6.45) is 0. The third-order valence-electron chi connectivity index (χ3n) is 3.06. The number of carbonyl (C=O) groups excluding carboxylic acids is 1. The average Bonchev–Trinajstić information content (AvgIpc) is 2.71. The van der Waals surface area contributed by atoms with Crippen LogP contribution in [-0.2, 0) is 0 Å². The second-order valence-electron chi connectivity index (χ2n) is 4.13. The van der Waals surface area contributed by atoms with E-state index in [0.717, 1.165) is 11.1 Å². The molecule has 90 valence electrons. The van der Waals surface area contributed by atoms with Gasteiger partial charge in [0.05, 0.1) is 6.61 Å². The number of rotatable bonds is 3. The van der Waals surface area contributed by atoms with Gasteiger partial charge in [0.2, 0.25) is 0 Å². The van der Waals surface area contributed by atoms with E-state index in [-0.39, 0.29) is 19.0 Å². The van der Waals surface area contributed by atoms with E-state index in [1.54, 1.807) is 6.07 Å². The Morgan fingerprint density at radius 2 is 1.67 bits per heavy atom. The van der Waals surface area contributed by atoms with Crippen molar-refractivity contribution in [1.82, 2.24) is 0 Å². The summed E-state index contributed by atoms with van der Waals surface area (Å²) in [6, 6.07) is 12.9. The summed E-state index contributed by atoms with van der Waals surface area (Å²) in [5.41, 5.74) is 3.14. The first-order valence-corrected chi connectivity index (χ1v) is 5.83. The van der Waals surface area contributed by atoms with Gasteiger partial charge >= 0.3 is 0 Å². The van der Waals surface area contributed by atoms with Crippen LogP contribution in [0.15, 0.2) is 42.5 Å². The first kappa shape index (κ1) is 11.0. The number of benzene rings is 2. The summed E-state index contributed by atoms with van der Waals surface area (Å²) in [6.45, 7) is 0.187. The molecule has 0 aliphatic heterocycles. The number of hydrogen-bond acceptors (Lipinski definition) is 3. The van der Waals surface area contributed by atoms with Crippen LogP contribution in [-0.4, -0.2) is 24.1 Å². The van der Waals surface area contributed by atoms with Gasteiger partial charge in [0.1, 0.15) is 12.4 Å². The number of ether oxygens (including phenoxy) is 1. The van der Waals surface area contributed by atoms with Crippen LogP contribution < -0.4 is 4.74 Å². The number of fused-ring (bicyclic) bond motifs is 3. The van der Waals surface area contributed by atoms with E-state index in [4.69, 9.17) is 9.84 Å². The van der Waals surface area contributed by atoms with Gasteiger partial charge in [-0.25, -0.2) is 0 Å². The molecule has 0 amide bonds. The van der Waals surface area contributed by atoms with Crippen LogP contribution in [0, 0.1) is 0 Å². The molecule has 0 atom stereocenters. The maximum absolute atomic E-state index is 12.2. The largest absolute Gasteiger partial charge is 0.491 e. The molecule has 3 heteroatoms. The highest BCUT2D eigenvalue weighted by molar-refractivity contribution is 6.22. The van der Waals surface area contributed by atoms with Crippen molar-refractivity contribution in [3.63, 3.8) is 0 Å². The van der Waals surface area contributed by atoms with Crippen LogP contribution >= 0.6 is 0 Å². The minimum absolute atomic E-state index is 0.0371. The molecule has 0 aromatic heterocycles. The molecule has 18 heavy (non-hydrogen) atoms. The Morgan fingerprint density at radius 1 is 0.944 bits per heavy atom. The third kappa shape index (κ3) is 1.52. The molecule has 0 heterocycles. The smallest absolute Gasteiger partial charge is 0.194 e. The fourth-order valence-corrected chi connectivity index (χ4v) is 2.32. The lowest BCUT2D eigenvalue weighted by Crippen LogP contribution is -2.03. The molecular weight excluding hydrogens is 228 g/mol. The van der Waals surface area contributed by atoms with Gasteiger partial charge < -0.3 is 9.84 Å². The number of hydrogen-bond donors (Lipinski definition) is 1. The highest BCUT2D eigenvalue weighted by Crippen LogP contribution is 2.42. The fraction of sp³-hybridized carbons (Fsp3) is 0.133. The second-order valence-corrected chi connectivity index (χ2v) is 4.13. The highest BCUT2D eigenvalue weighted by atomic mass is 16.5. The van der Waals surface area contributed by atoms with E-state index in [1.165, 1.54) is 0 Å². The minimum atomic E-state index is -0.0424. The molecule has 1 N–H and O–H groups in total. The van der Waals surface area contributed by atoms with Crippen molar-refractivity contribution in [2.75, 3.05) is 13.2 Å². The highest BCUT2D eigenvalue weighted by Gasteiger charge is 2.28. The monoisotopic (exact) mass is 240 g/mol. The summed E-state index contributed by atoms with van der Waals surface area (Å²) in [5.74, 6) is 0.690. The van der Waals surface area contributed by atoms with Crippen LogP contribution in [0.25, 0.3) is 11.1 Å². The summed E-state index contributed by atoms with van der Waals surface area (Å²) in [4.78, 5) is 12.2. The second kappa shape index (κ2) is 4.27. The van der Waals surface area contributed by atoms with Gasteiger partial charge in [0.15, 0.2) is 5.78 Å². The summed E-state index contributed by atoms with van der Waals surface area (Å²) >= 11 is 0. The van der Waals surface area contributed by atoms with E-state index in [0.29, 0.717) is 16.9 Å². The predicted molar refractivity (Wildman–Crippen MR) is 67.9 cm³/mol. The van der Waals surface area contributed by atoms with Crippen molar-refractivity contribution in [2.45, 2.75) is 0 Å². The molecule has 3 rings (SSSR count). The molecule has 0 unspecified atom stereocenters. The van der Waals surface area contributed by atoms with Crippen LogP contribution in [0.3, 0.4) is 0 Å². The van der Waals surface area contributed by atoms with Crippen molar-refractivity contribution < 1.29 is 14.6 Å². The molecular formula is C15H12O3. The molecule has 0 saturated heterocycles. The zero-order valence-corrected chi connectivity index (χ0v) is 9.72. The van der Waals surface area contributed by atoms with Gasteiger partial charge in [-0.2, -0.15) is 0 Å². The number of aliphatic hydroxyl groups is 1. The van der Waals surface area contributed by atoms with Crippen molar-refractivity contribution in [3.05, 3.63) is 53.6 Å². The summed E-state index contributed by atoms with van der Waals surface area (Å²) < 4.78 is 5.50. The van der Waals surface area contributed by atoms with E-state index >= 15 is 0 Å². The standard InChI is InChI=1S/C15H12O3/c16-8-9-18-13-7-3-6-12-14(13)10-4-1-2-5-11(10)15(12)17/h1-7,16H,8-9H2. The lowest BCUT2D eigenvalue weighted by molar-refractivity contribution is 0.104. The summed E-state index contributed by atoms with van der Waals surface area (Å²) in [5, 5.41) is 8.83. The Hall–Kier alpha value is -2.13. The maximum Gasteiger partial charge on any atom is 0.194 e. The normalized spacial score (nSPS) is 12.2. The minimum Gasteiger partial charge on any atom is -0.491 e. The molecule has 0 fully saturated rings. The van der Waals surface area contributed by atoms with Crippen LogP contribution in [0.4, 0.5) is 0 Å². The Balaban J connectivity index is 2.18. The Kier molecular flexibility index (Phi) is 2.61. The topological polar surface area (TPSA) is 46.5 Å². The van der Waals surface area contributed by atoms with Gasteiger partial charge in [0.25, 0.3) is 0 Å². The van der Waals surface area contributed by atoms with Crippen molar-refractivity contribution >= 4 is 5.78 Å². The van der Waals surface area contributed by atoms with Crippen molar-refractivity contribution in [3.8, 4) is 16.9 Å². The van der Waals surface area contributed by atoms with Gasteiger partial charge in [0, 0.05) is 16.7 Å². The van der Waals surface area contributed by atoms with Gasteiger partial charge in [-0.15, -0.1) is 0 Å². The predicted octanol–water partition coefficient (Wildman–Crippen LogP) is 2.27. The zero-order chi connectivity index (χ0) is 12.5. The Morgan fingerprint density at radius 3 is 2.44 bits per heavy atom. The van der Waals surface area contributed by atoms with Gasteiger partial charge in [-0.05, 0) is 11.6 Å². The quantitative estimate of drug-likeness (QED) is 0.764. The maximum atomic E-state index is 12.2. The van der Waals surface area contributed by atoms with E-state index in [1.807, 2.05) is 36.4 Å². The molecule has 3 nitrogen and oxygen atoms in total. The average molecular weight is 240 g/mol. The van der Waals surface area contributed by atoms with Crippen LogP contribution in [0.5, 0.6) is 5.75 Å². The first-order chi connectivity index (χ1) is 8.83. The molecule has 0 bridgehead atoms. The molecule has 0 radical (unpaired) electrons. The first-order valence-electron chi connectivity index (χ1n) is 5.83. The molecule has 1 aliphatic rings. The molecule has 1 aliphatic carbocycles. The zero-order valence-electron chi connectivity index (χ0n) is 9.72. The van der Waals surface area contributed by atoms with Crippen LogP contribution in [0.2, 0.25) is 0 Å².